The summed E-state index contributed by atoms with van der Waals surface area (Å²) < 4.78 is 575. The Labute approximate surface area is 889 Å². The fourth-order valence-corrected chi connectivity index (χ4v) is 18.3. The monoisotopic (exact) mass is 1830 g/mol. The second-order valence-electron chi connectivity index (χ2n) is 31.7. The average molecular weight is 1830 g/mol. The summed E-state index contributed by atoms with van der Waals surface area (Å²) in [6.45, 7) is 0. The van der Waals surface area contributed by atoms with E-state index in [0.29, 0.717) is 33.2 Å². The summed E-state index contributed by atoms with van der Waals surface area (Å²) in [6.07, 6.45) is 0. The van der Waals surface area contributed by atoms with Crippen LogP contribution in [0.5, 0.6) is 0 Å². The minimum Gasteiger partial charge on any atom is -0.456 e. The Hall–Kier alpha value is -18.3. The molecule has 0 saturated carbocycles. The van der Waals surface area contributed by atoms with Gasteiger partial charge in [-0.2, -0.15) is 0 Å². The van der Waals surface area contributed by atoms with Crippen molar-refractivity contribution in [1.29, 1.82) is 0 Å². The highest BCUT2D eigenvalue weighted by atomic mass is 16.3. The number of fused-ring (bicyclic) bond motifs is 19. The van der Waals surface area contributed by atoms with Crippen LogP contribution in [0.1, 0.15) is 85.0 Å². The van der Waals surface area contributed by atoms with Gasteiger partial charge in [-0.15, -0.1) is 0 Å². The molecular weight excluding hydrogens is 1680 g/mol. The second-order valence-corrected chi connectivity index (χ2v) is 31.7. The van der Waals surface area contributed by atoms with Crippen molar-refractivity contribution >= 4 is 174 Å². The predicted octanol–water partition coefficient (Wildman–Crippen LogP) is 39.0. The van der Waals surface area contributed by atoms with E-state index in [0.717, 1.165) is 38.4 Å². The van der Waals surface area contributed by atoms with Crippen LogP contribution in [-0.2, 0) is 0 Å². The first-order valence-electron chi connectivity index (χ1n) is 73.8. The molecule has 3 aromatic heterocycles. The maximum absolute atomic E-state index is 9.68. The van der Waals surface area contributed by atoms with Gasteiger partial charge >= 0.3 is 0 Å². The number of benzene rings is 26. The van der Waals surface area contributed by atoms with E-state index in [1.165, 1.54) is 0 Å². The van der Waals surface area contributed by atoms with Crippen molar-refractivity contribution in [1.82, 2.24) is 0 Å². The molecule has 0 spiro atoms. The zero-order valence-corrected chi connectivity index (χ0v) is 70.9. The lowest BCUT2D eigenvalue weighted by atomic mass is 9.83. The number of rotatable bonds is 10. The first-order valence-corrected chi connectivity index (χ1v) is 42.8. The molecule has 0 atom stereocenters. The van der Waals surface area contributed by atoms with E-state index in [1.807, 2.05) is 127 Å². The number of furan rings is 3. The minimum absolute atomic E-state index is 0.158. The van der Waals surface area contributed by atoms with Gasteiger partial charge in [-0.1, -0.05) is 454 Å². The van der Waals surface area contributed by atoms with Gasteiger partial charge in [0, 0.05) is 32.3 Å². The molecule has 26 aromatic carbocycles. The van der Waals surface area contributed by atoms with E-state index >= 15 is 0 Å². The van der Waals surface area contributed by atoms with Gasteiger partial charge in [-0.25, -0.2) is 0 Å². The van der Waals surface area contributed by atoms with Crippen molar-refractivity contribution in [3.05, 3.63) is 508 Å². The number of hydrogen-bond acceptors (Lipinski definition) is 3. The molecule has 0 aliphatic carbocycles. The quantitative estimate of drug-likeness (QED) is 0.128. The molecule has 29 aromatic rings. The first kappa shape index (κ1) is 39.7. The highest BCUT2D eigenvalue weighted by Gasteiger charge is 2.26. The van der Waals surface area contributed by atoms with Crippen LogP contribution >= 0.6 is 0 Å². The van der Waals surface area contributed by atoms with Crippen LogP contribution in [0.3, 0.4) is 0 Å². The third-order valence-corrected chi connectivity index (χ3v) is 24.2. The predicted molar refractivity (Wildman–Crippen MR) is 591 cm³/mol. The molecule has 3 heterocycles. The Kier molecular flexibility index (Phi) is 9.55. The van der Waals surface area contributed by atoms with Crippen LogP contribution in [0.4, 0.5) is 0 Å². The van der Waals surface area contributed by atoms with Gasteiger partial charge in [-0.05, 0) is 273 Å². The summed E-state index contributed by atoms with van der Waals surface area (Å²) in [7, 11) is 0. The summed E-state index contributed by atoms with van der Waals surface area (Å²) >= 11 is 0. The largest absolute Gasteiger partial charge is 0.456 e. The van der Waals surface area contributed by atoms with Crippen LogP contribution < -0.4 is 0 Å². The molecule has 0 saturated heterocycles. The van der Waals surface area contributed by atoms with E-state index in [2.05, 4.69) is 0 Å². The normalized spacial score (nSPS) is 18.0. The number of hydrogen-bond donors (Lipinski definition) is 0. The molecule has 3 nitrogen and oxygen atoms in total. The lowest BCUT2D eigenvalue weighted by Crippen LogP contribution is -1.93. The van der Waals surface area contributed by atoms with Crippen molar-refractivity contribution in [2.24, 2.45) is 0 Å². The standard InChI is InChI=1S/C48H30O.C46H28O.C42H26O/c1-2-13-31(14-3-1)32-25-27-33(28-26-32)36-17-6-7-18-37(36)46-38-19-8-10-21-40(38)47(41-22-11-9-20-39(41)46)42-23-12-24-44-48(42)43-29-34-15-4-5-16-35(34)30-45(43)49-44;1-2-13-33-28-43-41(27-32(33)12-1)46-35(20-10-22-42(46)47-43)30-23-25-31(26-24-30)44-37-16-5-7-18-39(37)45(40-19-8-6-17-38(40)44)36-21-9-14-29-11-3-4-15-34(29)36;1-2-11-28(12-3-1)40-33-15-6-8-17-35(33)41(36-18-9-7-16-34(36)40)29-23-21-27(22-24-29)32-19-10-20-38-42(32)37-25-30-13-4-5-14-31(30)26-39(37)43-38/h1-30H;1-28H;1-26H/i8D,9D,10D,11D,19D,20D,21D,22D;1D,2D,3D,4D,5D,6D,7D,8D,9D,10D,11D,12D,13D,14D,15D,16D,17D,18D,19D,20D,21D,22D,23D,24D,25D,26D,27D,28D;1D,2D,3D,4D,5D,6D,7D,8D,9D,10D,11D,12D,13D,14D,15D,16D,17D,18D,19D,20D,21D,22D,23D,24D,25D,26D. The summed E-state index contributed by atoms with van der Waals surface area (Å²) in [6, 6.07) is -9.12. The van der Waals surface area contributed by atoms with Crippen molar-refractivity contribution in [3.63, 3.8) is 0 Å². The van der Waals surface area contributed by atoms with Gasteiger partial charge in [0.15, 0.2) is 0 Å². The Bertz CT molecular complexity index is 13800. The molecule has 0 aliphatic heterocycles. The van der Waals surface area contributed by atoms with Crippen molar-refractivity contribution in [3.8, 4) is 111 Å². The fourth-order valence-electron chi connectivity index (χ4n) is 18.3. The highest BCUT2D eigenvalue weighted by molar-refractivity contribution is 6.29. The van der Waals surface area contributed by atoms with Crippen LogP contribution in [0.25, 0.3) is 285 Å². The molecule has 646 valence electrons. The van der Waals surface area contributed by atoms with Gasteiger partial charge in [0.05, 0.1) is 85.0 Å². The lowest BCUT2D eigenvalue weighted by Gasteiger charge is -2.20. The molecule has 3 heteroatoms. The van der Waals surface area contributed by atoms with Crippen molar-refractivity contribution in [2.45, 2.75) is 0 Å². The third kappa shape index (κ3) is 13.6. The van der Waals surface area contributed by atoms with E-state index in [-0.39, 0.29) is 51.3 Å². The Morgan fingerprint density at radius 3 is 0.942 bits per heavy atom. The van der Waals surface area contributed by atoms with Crippen LogP contribution in [0, 0.1) is 0 Å². The Morgan fingerprint density at radius 1 is 0.137 bits per heavy atom. The first-order chi connectivity index (χ1) is 94.8. The molecule has 0 radical (unpaired) electrons. The summed E-state index contributed by atoms with van der Waals surface area (Å²) in [5.41, 5.74) is -4.77. The van der Waals surface area contributed by atoms with E-state index in [1.54, 1.807) is 6.07 Å². The van der Waals surface area contributed by atoms with Crippen LogP contribution in [0.15, 0.2) is 521 Å². The Balaban J connectivity index is 0.000000138. The molecule has 0 fully saturated rings. The highest BCUT2D eigenvalue weighted by Crippen LogP contribution is 2.53. The molecular formula is C136H84O3. The molecule has 0 amide bonds. The van der Waals surface area contributed by atoms with Crippen molar-refractivity contribution < 1.29 is 98.2 Å². The van der Waals surface area contributed by atoms with Crippen LogP contribution in [0.2, 0.25) is 0 Å². The smallest absolute Gasteiger partial charge is 0.136 e. The molecule has 0 unspecified atom stereocenters. The van der Waals surface area contributed by atoms with Crippen molar-refractivity contribution in [2.75, 3.05) is 0 Å². The zero-order valence-electron chi connectivity index (χ0n) is 133. The maximum atomic E-state index is 9.68. The summed E-state index contributed by atoms with van der Waals surface area (Å²) in [4.78, 5) is 0. The van der Waals surface area contributed by atoms with Gasteiger partial charge in [0.25, 0.3) is 0 Å². The van der Waals surface area contributed by atoms with E-state index in [4.69, 9.17) is 65.3 Å². The summed E-state index contributed by atoms with van der Waals surface area (Å²) in [5, 5.41) is -6.73. The molecule has 0 bridgehead atoms. The van der Waals surface area contributed by atoms with Gasteiger partial charge in [-0.3, -0.25) is 0 Å². The Morgan fingerprint density at radius 2 is 0.460 bits per heavy atom. The zero-order chi connectivity index (χ0) is 145. The van der Waals surface area contributed by atoms with Gasteiger partial charge in [0.2, 0.25) is 0 Å². The molecule has 29 rings (SSSR count). The molecule has 0 aliphatic rings. The summed E-state index contributed by atoms with van der Waals surface area (Å²) in [5.74, 6) is 0. The third-order valence-electron chi connectivity index (χ3n) is 24.2. The SMILES string of the molecule is [2H]c1c([2H])c(-c2c([2H])c([2H])c([2H])c3oc4c([2H])c5c([2H])c([2H])c([2H])c([2H])c5c([2H])c4c23)c([2H])c([2H])c1-c1c2c([2H])c([2H])c([2H])c([2H])c2c(-c2c([2H])c([2H])c([2H])c3c([2H])c([2H])c([2H])c([2H])c23)c2c([2H])c([2H])c([2H])c([2H])c12.[2H]c1c([2H])c([2H])c(-c2c3c([2H])c([2H])c([2H])c([2H])c3c(-c3c([2H])c([2H])c(-c4c([2H])c([2H])c([2H])c5oc6c([2H])c7c([2H])c([2H])c([2H])c([2H])c7c([2H])c6c45)c([2H])c3[2H])c3c([2H])c([2H])c([2H])c([2H])c23)c([2H])c1[2H].[2H]c1c([2H])c([2H])c2c(-c3cccc4oc5cc6ccccc6cc5c34)c3c([2H])c([2H])c([2H])c([2H])c3c(-c3ccccc3-c3ccc(-c4ccccc4)cc3)c2c1[2H]. The average Bonchev–Trinajstić information content (AvgIpc) is 0.729. The second kappa shape index (κ2) is 33.4. The van der Waals surface area contributed by atoms with E-state index < -0.39 is 537 Å². The molecule has 0 N–H and O–H groups in total. The van der Waals surface area contributed by atoms with Gasteiger partial charge in [0.1, 0.15) is 33.5 Å². The minimum atomic E-state index is -1.11. The maximum Gasteiger partial charge on any atom is 0.136 e. The van der Waals surface area contributed by atoms with E-state index in [9.17, 15) is 32.9 Å². The fraction of sp³-hybridized carbons (Fsp3) is 0. The topological polar surface area (TPSA) is 39.4 Å². The lowest BCUT2D eigenvalue weighted by molar-refractivity contribution is 0.669. The van der Waals surface area contributed by atoms with Gasteiger partial charge < -0.3 is 13.3 Å². The molecule has 139 heavy (non-hydrogen) atoms. The van der Waals surface area contributed by atoms with Crippen LogP contribution in [-0.4, -0.2) is 0 Å².